The van der Waals surface area contributed by atoms with Crippen molar-refractivity contribution in [2.24, 2.45) is 4.99 Å². The number of hydrogen-bond acceptors (Lipinski definition) is 2. The van der Waals surface area contributed by atoms with Crippen molar-refractivity contribution in [1.29, 1.82) is 0 Å². The fourth-order valence-electron chi connectivity index (χ4n) is 0.223. The van der Waals surface area contributed by atoms with Gasteiger partial charge in [-0.25, -0.2) is 4.99 Å². The van der Waals surface area contributed by atoms with E-state index in [4.69, 9.17) is 0 Å². The zero-order valence-electron chi connectivity index (χ0n) is 2.97. The smallest absolute Gasteiger partial charge is 0.259 e. The molecule has 1 aliphatic rings. The second kappa shape index (κ2) is 1.43. The van der Waals surface area contributed by atoms with Gasteiger partial charge in [0.25, 0.3) is 0 Å². The van der Waals surface area contributed by atoms with E-state index in [2.05, 4.69) is 11.2 Å². The van der Waals surface area contributed by atoms with E-state index in [1.165, 1.54) is 11.8 Å². The van der Waals surface area contributed by atoms with Gasteiger partial charge in [-0.05, 0) is 0 Å². The van der Waals surface area contributed by atoms with Gasteiger partial charge in [-0.15, -0.1) is 0 Å². The molecular weight excluding hydrogens is 98.1 g/mol. The molecule has 1 heterocycles. The summed E-state index contributed by atoms with van der Waals surface area (Å²) < 4.78 is 0. The monoisotopic (exact) mass is 100.0 g/mol. The van der Waals surface area contributed by atoms with Gasteiger partial charge in [0.2, 0.25) is 0 Å². The van der Waals surface area contributed by atoms with E-state index in [-0.39, 0.29) is 5.24 Å². The van der Waals surface area contributed by atoms with Crippen LogP contribution in [0, 0.1) is 0 Å². The molecule has 0 unspecified atom stereocenters. The molecule has 1 amide bonds. The first-order valence-corrected chi connectivity index (χ1v) is 2.48. The number of rotatable bonds is 0. The number of amides is 1. The van der Waals surface area contributed by atoms with E-state index >= 15 is 0 Å². The van der Waals surface area contributed by atoms with Crippen molar-refractivity contribution < 1.29 is 4.79 Å². The summed E-state index contributed by atoms with van der Waals surface area (Å²) in [6, 6.07) is 0. The molecule has 0 saturated carbocycles. The van der Waals surface area contributed by atoms with Crippen LogP contribution in [0.5, 0.6) is 0 Å². The molecule has 0 aliphatic carbocycles. The summed E-state index contributed by atoms with van der Waals surface area (Å²) in [4.78, 5) is 13.3. The minimum atomic E-state index is -0.116. The first-order valence-electron chi connectivity index (χ1n) is 1.50. The molecule has 6 heavy (non-hydrogen) atoms. The van der Waals surface area contributed by atoms with Crippen LogP contribution in [-0.2, 0) is 0 Å². The number of carbonyl (C=O) groups excluding carboxylic acids is 1. The lowest BCUT2D eigenvalue weighted by Gasteiger charge is -1.68. The molecule has 2 nitrogen and oxygen atoms in total. The normalized spacial score (nSPS) is 19.7. The third-order valence-electron chi connectivity index (χ3n) is 0.431. The molecule has 0 N–H and O–H groups in total. The van der Waals surface area contributed by atoms with Gasteiger partial charge in [0.05, 0.1) is 6.21 Å². The zero-order chi connectivity index (χ0) is 4.41. The summed E-state index contributed by atoms with van der Waals surface area (Å²) in [6.45, 7) is 0. The van der Waals surface area contributed by atoms with Crippen molar-refractivity contribution in [2.45, 2.75) is 0 Å². The Morgan fingerprint density at radius 1 is 2.00 bits per heavy atom. The summed E-state index contributed by atoms with van der Waals surface area (Å²) >= 11 is 1.18. The predicted octanol–water partition coefficient (Wildman–Crippen LogP) is 0.801. The van der Waals surface area contributed by atoms with Crippen LogP contribution in [0.4, 0.5) is 4.79 Å². The van der Waals surface area contributed by atoms with Crippen LogP contribution in [0.25, 0.3) is 0 Å². The van der Waals surface area contributed by atoms with E-state index in [9.17, 15) is 4.79 Å². The average molecular weight is 100 g/mol. The van der Waals surface area contributed by atoms with Gasteiger partial charge in [-0.1, -0.05) is 11.8 Å². The molecule has 0 aromatic heterocycles. The molecule has 31 valence electrons. The lowest BCUT2D eigenvalue weighted by atomic mass is 10.9. The number of carbonyl (C=O) groups is 1. The van der Waals surface area contributed by atoms with Crippen molar-refractivity contribution in [3.8, 4) is 0 Å². The van der Waals surface area contributed by atoms with Crippen molar-refractivity contribution in [3.05, 3.63) is 0 Å². The van der Waals surface area contributed by atoms with Crippen molar-refractivity contribution in [1.82, 2.24) is 0 Å². The van der Waals surface area contributed by atoms with E-state index < -0.39 is 0 Å². The SMILES string of the molecule is O=C1N=[C]CS1. The van der Waals surface area contributed by atoms with Gasteiger partial charge in [-0.2, -0.15) is 0 Å². The molecule has 1 radical (unpaired) electrons. The first-order chi connectivity index (χ1) is 2.89. The Kier molecular flexibility index (Phi) is 0.919. The third kappa shape index (κ3) is 0.597. The molecule has 3 heteroatoms. The number of nitrogens with zero attached hydrogens (tertiary/aromatic N) is 1. The van der Waals surface area contributed by atoms with Gasteiger partial charge >= 0.3 is 5.24 Å². The highest BCUT2D eigenvalue weighted by Crippen LogP contribution is 2.07. The van der Waals surface area contributed by atoms with Crippen molar-refractivity contribution in [2.75, 3.05) is 5.75 Å². The highest BCUT2D eigenvalue weighted by molar-refractivity contribution is 8.14. The lowest BCUT2D eigenvalue weighted by molar-refractivity contribution is 0.268. The maximum absolute atomic E-state index is 9.98. The van der Waals surface area contributed by atoms with Gasteiger partial charge < -0.3 is 0 Å². The molecule has 1 aliphatic heterocycles. The Bertz CT molecular complexity index is 99.0. The molecule has 1 rings (SSSR count). The van der Waals surface area contributed by atoms with E-state index in [0.29, 0.717) is 5.75 Å². The van der Waals surface area contributed by atoms with Crippen LogP contribution < -0.4 is 0 Å². The van der Waals surface area contributed by atoms with Gasteiger partial charge in [-0.3, -0.25) is 4.79 Å². The van der Waals surface area contributed by atoms with E-state index in [1.54, 1.807) is 0 Å². The zero-order valence-corrected chi connectivity index (χ0v) is 3.79. The van der Waals surface area contributed by atoms with E-state index in [0.717, 1.165) is 0 Å². The largest absolute Gasteiger partial charge is 0.305 e. The Labute approximate surface area is 39.6 Å². The summed E-state index contributed by atoms with van der Waals surface area (Å²) in [5.74, 6) is 0.638. The molecular formula is C3H2NOS. The van der Waals surface area contributed by atoms with E-state index in [1.807, 2.05) is 0 Å². The predicted molar refractivity (Wildman–Crippen MR) is 25.3 cm³/mol. The Balaban J connectivity index is 2.59. The van der Waals surface area contributed by atoms with Crippen LogP contribution in [0.2, 0.25) is 0 Å². The topological polar surface area (TPSA) is 29.4 Å². The summed E-state index contributed by atoms with van der Waals surface area (Å²) in [6.07, 6.45) is 2.51. The number of thioether (sulfide) groups is 1. The third-order valence-corrected chi connectivity index (χ3v) is 1.04. The number of aliphatic imine (C=N–C) groups is 1. The Morgan fingerprint density at radius 2 is 2.83 bits per heavy atom. The van der Waals surface area contributed by atoms with Crippen LogP contribution in [-0.4, -0.2) is 17.2 Å². The summed E-state index contributed by atoms with van der Waals surface area (Å²) in [5.41, 5.74) is 0. The minimum absolute atomic E-state index is 0.116. The quantitative estimate of drug-likeness (QED) is 0.450. The molecule has 0 atom stereocenters. The molecule has 0 aromatic rings. The van der Waals surface area contributed by atoms with Crippen LogP contribution in [0.1, 0.15) is 0 Å². The van der Waals surface area contributed by atoms with Gasteiger partial charge in [0, 0.05) is 5.75 Å². The summed E-state index contributed by atoms with van der Waals surface area (Å²) in [5, 5.41) is -0.116. The fourth-order valence-corrected chi connectivity index (χ4v) is 0.605. The second-order valence-corrected chi connectivity index (χ2v) is 1.75. The van der Waals surface area contributed by atoms with Gasteiger partial charge in [0.15, 0.2) is 0 Å². The standard InChI is InChI=1S/C3H2NOS/c5-3-4-1-2-6-3/h2H2. The average Bonchev–Trinajstić information content (AvgIpc) is 1.86. The van der Waals surface area contributed by atoms with Crippen molar-refractivity contribution >= 4 is 23.2 Å². The van der Waals surface area contributed by atoms with Crippen LogP contribution in [0.3, 0.4) is 0 Å². The summed E-state index contributed by atoms with van der Waals surface area (Å²) in [7, 11) is 0. The van der Waals surface area contributed by atoms with Crippen molar-refractivity contribution in [3.63, 3.8) is 0 Å². The highest BCUT2D eigenvalue weighted by atomic mass is 32.2. The Morgan fingerprint density at radius 3 is 3.00 bits per heavy atom. The Hall–Kier alpha value is -0.310. The lowest BCUT2D eigenvalue weighted by Crippen LogP contribution is -1.67. The highest BCUT2D eigenvalue weighted by Gasteiger charge is 2.02. The minimum Gasteiger partial charge on any atom is -0.259 e. The van der Waals surface area contributed by atoms with Crippen LogP contribution in [0.15, 0.2) is 4.99 Å². The molecule has 0 bridgehead atoms. The maximum atomic E-state index is 9.98. The molecule has 0 aromatic carbocycles. The first kappa shape index (κ1) is 3.87. The van der Waals surface area contributed by atoms with Gasteiger partial charge in [0.1, 0.15) is 0 Å². The number of hydrogen-bond donors (Lipinski definition) is 0. The molecule has 0 spiro atoms. The van der Waals surface area contributed by atoms with Crippen LogP contribution >= 0.6 is 11.8 Å². The molecule has 0 saturated heterocycles. The maximum Gasteiger partial charge on any atom is 0.305 e. The fraction of sp³-hybridized carbons (Fsp3) is 0.333. The second-order valence-electron chi connectivity index (χ2n) is 0.824. The molecule has 0 fully saturated rings.